The molecule has 0 fully saturated rings. The minimum Gasteiger partial charge on any atom is -0.486 e. The van der Waals surface area contributed by atoms with Crippen LogP contribution in [0.4, 0.5) is 0 Å². The lowest BCUT2D eigenvalue weighted by Gasteiger charge is -2.15. The van der Waals surface area contributed by atoms with Crippen LogP contribution in [0.15, 0.2) is 59.7 Å². The molecular formula is C21H22N2O3S. The lowest BCUT2D eigenvalue weighted by molar-refractivity contribution is 0.0316. The highest BCUT2D eigenvalue weighted by Crippen LogP contribution is 2.21. The molecule has 5 nitrogen and oxygen atoms in total. The van der Waals surface area contributed by atoms with Gasteiger partial charge < -0.3 is 9.47 Å². The van der Waals surface area contributed by atoms with E-state index in [-0.39, 0.29) is 12.1 Å². The monoisotopic (exact) mass is 382 g/mol. The summed E-state index contributed by atoms with van der Waals surface area (Å²) in [5, 5.41) is 1.92. The molecule has 3 aromatic rings. The van der Waals surface area contributed by atoms with Crippen LogP contribution in [0.2, 0.25) is 0 Å². The molecule has 0 aliphatic rings. The van der Waals surface area contributed by atoms with Crippen LogP contribution in [-0.4, -0.2) is 22.0 Å². The van der Waals surface area contributed by atoms with Crippen LogP contribution in [-0.2, 0) is 17.8 Å². The second-order valence-electron chi connectivity index (χ2n) is 6.23. The van der Waals surface area contributed by atoms with Gasteiger partial charge in [-0.3, -0.25) is 4.98 Å². The maximum Gasteiger partial charge on any atom is 0.342 e. The fraction of sp³-hybridized carbons (Fsp3) is 0.286. The highest BCUT2D eigenvalue weighted by atomic mass is 32.1. The van der Waals surface area contributed by atoms with Crippen LogP contribution in [0.5, 0.6) is 5.75 Å². The summed E-state index contributed by atoms with van der Waals surface area (Å²) >= 11 is 1.51. The third kappa shape index (κ3) is 5.89. The molecule has 0 aliphatic heterocycles. The van der Waals surface area contributed by atoms with Crippen LogP contribution < -0.4 is 4.74 Å². The van der Waals surface area contributed by atoms with Gasteiger partial charge in [0.05, 0.1) is 17.3 Å². The van der Waals surface area contributed by atoms with Gasteiger partial charge in [0.25, 0.3) is 0 Å². The Balaban J connectivity index is 1.51. The van der Waals surface area contributed by atoms with E-state index in [1.165, 1.54) is 16.9 Å². The SMILES string of the molecule is CC(CCCc1cccnc1)OC(=O)c1ccccc1OCc1cscn1. The van der Waals surface area contributed by atoms with Gasteiger partial charge in [0.15, 0.2) is 0 Å². The molecule has 0 radical (unpaired) electrons. The molecule has 0 spiro atoms. The molecule has 1 unspecified atom stereocenters. The van der Waals surface area contributed by atoms with E-state index in [0.29, 0.717) is 17.9 Å². The van der Waals surface area contributed by atoms with Gasteiger partial charge in [-0.25, -0.2) is 9.78 Å². The maximum absolute atomic E-state index is 12.5. The van der Waals surface area contributed by atoms with Crippen molar-refractivity contribution in [3.05, 3.63) is 76.5 Å². The fourth-order valence-electron chi connectivity index (χ4n) is 2.67. The molecule has 6 heteroatoms. The summed E-state index contributed by atoms with van der Waals surface area (Å²) in [7, 11) is 0. The predicted octanol–water partition coefficient (Wildman–Crippen LogP) is 4.69. The van der Waals surface area contributed by atoms with Crippen molar-refractivity contribution in [1.82, 2.24) is 9.97 Å². The van der Waals surface area contributed by atoms with Crippen molar-refractivity contribution in [2.45, 2.75) is 38.9 Å². The van der Waals surface area contributed by atoms with Crippen LogP contribution in [0, 0.1) is 0 Å². The number of aryl methyl sites for hydroxylation is 1. The molecule has 3 rings (SSSR count). The number of thiazole rings is 1. The van der Waals surface area contributed by atoms with Gasteiger partial charge in [-0.2, -0.15) is 0 Å². The average molecular weight is 382 g/mol. The quantitative estimate of drug-likeness (QED) is 0.503. The topological polar surface area (TPSA) is 61.3 Å². The minimum atomic E-state index is -0.363. The average Bonchev–Trinajstić information content (AvgIpc) is 3.21. The number of hydrogen-bond acceptors (Lipinski definition) is 6. The third-order valence-corrected chi connectivity index (χ3v) is 4.71. The van der Waals surface area contributed by atoms with E-state index in [4.69, 9.17) is 9.47 Å². The Morgan fingerprint density at radius 1 is 1.22 bits per heavy atom. The van der Waals surface area contributed by atoms with Gasteiger partial charge in [-0.15, -0.1) is 11.3 Å². The van der Waals surface area contributed by atoms with Crippen molar-refractivity contribution in [2.24, 2.45) is 0 Å². The molecule has 140 valence electrons. The summed E-state index contributed by atoms with van der Waals surface area (Å²) in [4.78, 5) is 20.8. The van der Waals surface area contributed by atoms with Crippen molar-refractivity contribution < 1.29 is 14.3 Å². The van der Waals surface area contributed by atoms with Crippen molar-refractivity contribution in [1.29, 1.82) is 0 Å². The van der Waals surface area contributed by atoms with E-state index in [1.807, 2.05) is 30.6 Å². The number of carbonyl (C=O) groups is 1. The summed E-state index contributed by atoms with van der Waals surface area (Å²) in [5.74, 6) is 0.149. The molecule has 0 aliphatic carbocycles. The maximum atomic E-state index is 12.5. The van der Waals surface area contributed by atoms with Crippen LogP contribution in [0.1, 0.15) is 41.4 Å². The van der Waals surface area contributed by atoms with Gasteiger partial charge >= 0.3 is 5.97 Å². The number of rotatable bonds is 9. The van der Waals surface area contributed by atoms with Crippen molar-refractivity contribution in [3.63, 3.8) is 0 Å². The fourth-order valence-corrected chi connectivity index (χ4v) is 3.21. The number of esters is 1. The van der Waals surface area contributed by atoms with E-state index < -0.39 is 0 Å². The van der Waals surface area contributed by atoms with Gasteiger partial charge in [0.1, 0.15) is 17.9 Å². The summed E-state index contributed by atoms with van der Waals surface area (Å²) in [5.41, 5.74) is 4.22. The van der Waals surface area contributed by atoms with Gasteiger partial charge in [0.2, 0.25) is 0 Å². The van der Waals surface area contributed by atoms with Crippen molar-refractivity contribution in [2.75, 3.05) is 0 Å². The zero-order valence-electron chi connectivity index (χ0n) is 15.2. The summed E-state index contributed by atoms with van der Waals surface area (Å²) < 4.78 is 11.4. The minimum absolute atomic E-state index is 0.166. The zero-order chi connectivity index (χ0) is 18.9. The number of hydrogen-bond donors (Lipinski definition) is 0. The first kappa shape index (κ1) is 19.0. The standard InChI is InChI=1S/C21H22N2O3S/c1-16(6-4-7-17-8-5-11-22-12-17)26-21(24)19-9-2-3-10-20(19)25-13-18-14-27-15-23-18/h2-3,5,8-12,14-16H,4,6-7,13H2,1H3. The van der Waals surface area contributed by atoms with Crippen LogP contribution in [0.25, 0.3) is 0 Å². The van der Waals surface area contributed by atoms with E-state index >= 15 is 0 Å². The molecule has 0 saturated carbocycles. The van der Waals surface area contributed by atoms with Gasteiger partial charge in [-0.1, -0.05) is 18.2 Å². The second-order valence-corrected chi connectivity index (χ2v) is 6.95. The Bertz CT molecular complexity index is 838. The Labute approximate surface area is 163 Å². The summed E-state index contributed by atoms with van der Waals surface area (Å²) in [6.07, 6.45) is 6.11. The highest BCUT2D eigenvalue weighted by Gasteiger charge is 2.17. The number of para-hydroxylation sites is 1. The molecule has 1 atom stereocenters. The molecule has 2 aromatic heterocycles. The zero-order valence-corrected chi connectivity index (χ0v) is 16.0. The lowest BCUT2D eigenvalue weighted by Crippen LogP contribution is -2.16. The Morgan fingerprint density at radius 3 is 2.89 bits per heavy atom. The number of pyridine rings is 1. The molecule has 27 heavy (non-hydrogen) atoms. The Morgan fingerprint density at radius 2 is 2.11 bits per heavy atom. The predicted molar refractivity (Wildman–Crippen MR) is 105 cm³/mol. The number of carbonyl (C=O) groups excluding carboxylic acids is 1. The number of nitrogens with zero attached hydrogens (tertiary/aromatic N) is 2. The van der Waals surface area contributed by atoms with Crippen molar-refractivity contribution >= 4 is 17.3 Å². The molecule has 0 saturated heterocycles. The van der Waals surface area contributed by atoms with Crippen molar-refractivity contribution in [3.8, 4) is 5.75 Å². The lowest BCUT2D eigenvalue weighted by atomic mass is 10.1. The van der Waals surface area contributed by atoms with Gasteiger partial charge in [0, 0.05) is 17.8 Å². The Kier molecular flexibility index (Phi) is 6.93. The largest absolute Gasteiger partial charge is 0.486 e. The highest BCUT2D eigenvalue weighted by molar-refractivity contribution is 7.07. The second kappa shape index (κ2) is 9.83. The molecule has 2 heterocycles. The number of ether oxygens (including phenoxy) is 2. The number of benzene rings is 1. The first-order valence-electron chi connectivity index (χ1n) is 8.91. The molecule has 1 aromatic carbocycles. The molecule has 0 bridgehead atoms. The Hall–Kier alpha value is -2.73. The van der Waals surface area contributed by atoms with Crippen LogP contribution >= 0.6 is 11.3 Å². The van der Waals surface area contributed by atoms with E-state index in [1.54, 1.807) is 29.9 Å². The van der Waals surface area contributed by atoms with E-state index in [2.05, 4.69) is 16.0 Å². The first-order chi connectivity index (χ1) is 13.2. The van der Waals surface area contributed by atoms with Gasteiger partial charge in [-0.05, 0) is 49.9 Å². The van der Waals surface area contributed by atoms with E-state index in [9.17, 15) is 4.79 Å². The van der Waals surface area contributed by atoms with Crippen LogP contribution in [0.3, 0.4) is 0 Å². The normalized spacial score (nSPS) is 11.7. The smallest absolute Gasteiger partial charge is 0.342 e. The third-order valence-electron chi connectivity index (χ3n) is 4.07. The molecule has 0 N–H and O–H groups in total. The summed E-state index contributed by atoms with van der Waals surface area (Å²) in [6.45, 7) is 2.24. The molecular weight excluding hydrogens is 360 g/mol. The number of aromatic nitrogens is 2. The van der Waals surface area contributed by atoms with E-state index in [0.717, 1.165) is 25.0 Å². The molecule has 0 amide bonds. The first-order valence-corrected chi connectivity index (χ1v) is 9.85. The summed E-state index contributed by atoms with van der Waals surface area (Å²) in [6, 6.07) is 11.1.